The van der Waals surface area contributed by atoms with E-state index in [0.29, 0.717) is 6.54 Å². The monoisotopic (exact) mass is 303 g/mol. The van der Waals surface area contributed by atoms with Crippen LogP contribution in [0, 0.1) is 0 Å². The molecule has 0 radical (unpaired) electrons. The number of hydrogen-bond acceptors (Lipinski definition) is 2. The van der Waals surface area contributed by atoms with Crippen LogP contribution in [-0.2, 0) is 0 Å². The minimum Gasteiger partial charge on any atom is -0.395 e. The van der Waals surface area contributed by atoms with E-state index >= 15 is 0 Å². The van der Waals surface area contributed by atoms with Crippen LogP contribution in [0.5, 0.6) is 0 Å². The number of aliphatic hydroxyl groups is 1. The van der Waals surface area contributed by atoms with E-state index in [2.05, 4.69) is 48.2 Å². The fourth-order valence-corrected chi connectivity index (χ4v) is 2.71. The normalized spacial score (nSPS) is 12.6. The number of rotatable bonds is 7. The Kier molecular flexibility index (Phi) is 6.24. The Hall–Kier alpha value is -1.35. The molecule has 0 spiro atoms. The summed E-state index contributed by atoms with van der Waals surface area (Å²) >= 11 is 6.49. The molecule has 1 atom stereocenters. The quantitative estimate of drug-likeness (QED) is 0.783. The summed E-state index contributed by atoms with van der Waals surface area (Å²) in [6.45, 7) is 4.57. The lowest BCUT2D eigenvalue weighted by Crippen LogP contribution is -2.29. The van der Waals surface area contributed by atoms with Crippen molar-refractivity contribution in [3.05, 3.63) is 60.2 Å². The summed E-state index contributed by atoms with van der Waals surface area (Å²) < 4.78 is 0. The molecule has 112 valence electrons. The molecule has 3 heteroatoms. The number of hydrogen-bond donors (Lipinski definition) is 1. The number of alkyl halides is 1. The van der Waals surface area contributed by atoms with Crippen molar-refractivity contribution in [2.45, 2.75) is 12.3 Å². The van der Waals surface area contributed by atoms with Crippen molar-refractivity contribution >= 4 is 11.6 Å². The maximum atomic E-state index is 9.03. The van der Waals surface area contributed by atoms with Crippen LogP contribution in [0.1, 0.15) is 17.9 Å². The Labute approximate surface area is 132 Å². The molecule has 0 aliphatic rings. The summed E-state index contributed by atoms with van der Waals surface area (Å²) in [7, 11) is 0. The van der Waals surface area contributed by atoms with Crippen molar-refractivity contribution in [3.63, 3.8) is 0 Å². The highest BCUT2D eigenvalue weighted by molar-refractivity contribution is 6.21. The van der Waals surface area contributed by atoms with Crippen LogP contribution in [0.3, 0.4) is 0 Å². The van der Waals surface area contributed by atoms with E-state index in [9.17, 15) is 0 Å². The number of aliphatic hydroxyl groups excluding tert-OH is 1. The van der Waals surface area contributed by atoms with Crippen LogP contribution in [0.15, 0.2) is 54.6 Å². The van der Waals surface area contributed by atoms with E-state index in [1.165, 1.54) is 11.1 Å². The Bertz CT molecular complexity index is 527. The molecule has 1 N–H and O–H groups in total. The Morgan fingerprint density at radius 1 is 1.00 bits per heavy atom. The van der Waals surface area contributed by atoms with Gasteiger partial charge in [-0.15, -0.1) is 11.6 Å². The molecule has 2 aromatic carbocycles. The standard InChI is InChI=1S/C18H22ClNO/c1-2-20(12-13-21)14-18(19)17-10-8-16(9-11-17)15-6-4-3-5-7-15/h3-11,18,21H,2,12-14H2,1H3. The second-order valence-corrected chi connectivity index (χ2v) is 5.60. The molecule has 2 aromatic rings. The van der Waals surface area contributed by atoms with Gasteiger partial charge >= 0.3 is 0 Å². The molecule has 0 bridgehead atoms. The molecule has 0 aromatic heterocycles. The number of halogens is 1. The van der Waals surface area contributed by atoms with Crippen LogP contribution in [0.2, 0.25) is 0 Å². The highest BCUT2D eigenvalue weighted by Crippen LogP contribution is 2.25. The Balaban J connectivity index is 2.04. The molecular formula is C18H22ClNO. The molecule has 0 saturated carbocycles. The average molecular weight is 304 g/mol. The van der Waals surface area contributed by atoms with Gasteiger partial charge in [-0.3, -0.25) is 4.90 Å². The molecular weight excluding hydrogens is 282 g/mol. The SMILES string of the molecule is CCN(CCO)CC(Cl)c1ccc(-c2ccccc2)cc1. The van der Waals surface area contributed by atoms with E-state index < -0.39 is 0 Å². The summed E-state index contributed by atoms with van der Waals surface area (Å²) in [4.78, 5) is 2.16. The molecule has 1 unspecified atom stereocenters. The lowest BCUT2D eigenvalue weighted by atomic mass is 10.0. The summed E-state index contributed by atoms with van der Waals surface area (Å²) in [6.07, 6.45) is 0. The molecule has 21 heavy (non-hydrogen) atoms. The van der Waals surface area contributed by atoms with E-state index in [0.717, 1.165) is 18.7 Å². The van der Waals surface area contributed by atoms with E-state index in [-0.39, 0.29) is 12.0 Å². The van der Waals surface area contributed by atoms with Gasteiger partial charge in [-0.1, -0.05) is 61.5 Å². The first-order chi connectivity index (χ1) is 10.2. The third-order valence-corrected chi connectivity index (χ3v) is 4.05. The first-order valence-electron chi connectivity index (χ1n) is 7.37. The molecule has 0 saturated heterocycles. The molecule has 2 nitrogen and oxygen atoms in total. The van der Waals surface area contributed by atoms with Gasteiger partial charge in [0.1, 0.15) is 0 Å². The van der Waals surface area contributed by atoms with Gasteiger partial charge in [0, 0.05) is 13.1 Å². The van der Waals surface area contributed by atoms with Gasteiger partial charge in [-0.05, 0) is 23.2 Å². The fourth-order valence-electron chi connectivity index (χ4n) is 2.37. The van der Waals surface area contributed by atoms with E-state index in [1.807, 2.05) is 18.2 Å². The predicted molar refractivity (Wildman–Crippen MR) is 89.7 cm³/mol. The van der Waals surface area contributed by atoms with Gasteiger partial charge in [0.25, 0.3) is 0 Å². The fraction of sp³-hybridized carbons (Fsp3) is 0.333. The van der Waals surface area contributed by atoms with Gasteiger partial charge in [-0.25, -0.2) is 0 Å². The summed E-state index contributed by atoms with van der Waals surface area (Å²) in [5.74, 6) is 0. The average Bonchev–Trinajstić information content (AvgIpc) is 2.55. The van der Waals surface area contributed by atoms with Gasteiger partial charge in [0.05, 0.1) is 12.0 Å². The summed E-state index contributed by atoms with van der Waals surface area (Å²) in [5.41, 5.74) is 3.53. The maximum absolute atomic E-state index is 9.03. The highest BCUT2D eigenvalue weighted by Gasteiger charge is 2.12. The van der Waals surface area contributed by atoms with Gasteiger partial charge in [-0.2, -0.15) is 0 Å². The van der Waals surface area contributed by atoms with Crippen molar-refractivity contribution in [1.82, 2.24) is 4.90 Å². The largest absolute Gasteiger partial charge is 0.395 e. The van der Waals surface area contributed by atoms with Crippen molar-refractivity contribution in [3.8, 4) is 11.1 Å². The van der Waals surface area contributed by atoms with Gasteiger partial charge in [0.15, 0.2) is 0 Å². The second-order valence-electron chi connectivity index (χ2n) is 5.07. The third-order valence-electron chi connectivity index (χ3n) is 3.66. The number of nitrogens with zero attached hydrogens (tertiary/aromatic N) is 1. The van der Waals surface area contributed by atoms with Crippen molar-refractivity contribution < 1.29 is 5.11 Å². The van der Waals surface area contributed by atoms with Crippen molar-refractivity contribution in [2.75, 3.05) is 26.2 Å². The second kappa shape index (κ2) is 8.18. The zero-order valence-electron chi connectivity index (χ0n) is 12.4. The minimum atomic E-state index is -0.0543. The zero-order chi connectivity index (χ0) is 15.1. The topological polar surface area (TPSA) is 23.5 Å². The van der Waals surface area contributed by atoms with Crippen molar-refractivity contribution in [1.29, 1.82) is 0 Å². The van der Waals surface area contributed by atoms with E-state index in [4.69, 9.17) is 16.7 Å². The van der Waals surface area contributed by atoms with Crippen molar-refractivity contribution in [2.24, 2.45) is 0 Å². The van der Waals surface area contributed by atoms with Crippen LogP contribution in [0.4, 0.5) is 0 Å². The predicted octanol–water partition coefficient (Wildman–Crippen LogP) is 3.95. The molecule has 2 rings (SSSR count). The molecule has 0 aliphatic carbocycles. The first-order valence-corrected chi connectivity index (χ1v) is 7.81. The summed E-state index contributed by atoms with van der Waals surface area (Å²) in [5, 5.41) is 8.97. The van der Waals surface area contributed by atoms with Gasteiger partial charge in [0.2, 0.25) is 0 Å². The van der Waals surface area contributed by atoms with Crippen LogP contribution in [-0.4, -0.2) is 36.2 Å². The third kappa shape index (κ3) is 4.57. The van der Waals surface area contributed by atoms with Crippen LogP contribution >= 0.6 is 11.6 Å². The van der Waals surface area contributed by atoms with Crippen LogP contribution < -0.4 is 0 Å². The number of benzene rings is 2. The Morgan fingerprint density at radius 2 is 1.62 bits per heavy atom. The molecule has 0 heterocycles. The highest BCUT2D eigenvalue weighted by atomic mass is 35.5. The van der Waals surface area contributed by atoms with Crippen LogP contribution in [0.25, 0.3) is 11.1 Å². The minimum absolute atomic E-state index is 0.0543. The maximum Gasteiger partial charge on any atom is 0.0712 e. The smallest absolute Gasteiger partial charge is 0.0712 e. The first kappa shape index (κ1) is 16.0. The molecule has 0 aliphatic heterocycles. The Morgan fingerprint density at radius 3 is 2.19 bits per heavy atom. The molecule has 0 amide bonds. The zero-order valence-corrected chi connectivity index (χ0v) is 13.1. The molecule has 0 fully saturated rings. The van der Waals surface area contributed by atoms with Gasteiger partial charge < -0.3 is 5.11 Å². The van der Waals surface area contributed by atoms with E-state index in [1.54, 1.807) is 0 Å². The number of likely N-dealkylation sites (N-methyl/N-ethyl adjacent to an activating group) is 1. The summed E-state index contributed by atoms with van der Waals surface area (Å²) in [6, 6.07) is 18.7. The lowest BCUT2D eigenvalue weighted by Gasteiger charge is -2.22. The lowest BCUT2D eigenvalue weighted by molar-refractivity contribution is 0.202.